The Bertz CT molecular complexity index is 187. The second kappa shape index (κ2) is 5.67. The van der Waals surface area contributed by atoms with E-state index in [0.29, 0.717) is 12.6 Å². The fraction of sp³-hybridized carbons (Fsp3) is 1.00. The molecule has 1 fully saturated rings. The summed E-state index contributed by atoms with van der Waals surface area (Å²) in [6.07, 6.45) is -3.54. The van der Waals surface area contributed by atoms with Crippen molar-refractivity contribution in [2.45, 2.75) is 25.7 Å². The molecule has 90 valence electrons. The zero-order valence-electron chi connectivity index (χ0n) is 8.81. The quantitative estimate of drug-likeness (QED) is 0.782. The van der Waals surface area contributed by atoms with Gasteiger partial charge in [0.15, 0.2) is 0 Å². The molecule has 1 atom stereocenters. The zero-order chi connectivity index (χ0) is 11.3. The molecule has 0 bridgehead atoms. The molecule has 1 aliphatic rings. The Morgan fingerprint density at radius 1 is 1.40 bits per heavy atom. The third-order valence-electron chi connectivity index (χ3n) is 2.58. The molecule has 15 heavy (non-hydrogen) atoms. The highest BCUT2D eigenvalue weighted by molar-refractivity contribution is 4.73. The van der Waals surface area contributed by atoms with Crippen LogP contribution in [-0.2, 0) is 4.74 Å². The fourth-order valence-corrected chi connectivity index (χ4v) is 1.67. The van der Waals surface area contributed by atoms with Crippen LogP contribution in [0.15, 0.2) is 0 Å². The SMILES string of the molecule is CC1CCNCCN1CCOC(F)(F)F. The minimum atomic E-state index is -4.51. The van der Waals surface area contributed by atoms with Crippen LogP contribution in [0.4, 0.5) is 13.2 Å². The summed E-state index contributed by atoms with van der Waals surface area (Å²) in [6.45, 7) is 4.62. The summed E-state index contributed by atoms with van der Waals surface area (Å²) in [4.78, 5) is 2.02. The van der Waals surface area contributed by atoms with Gasteiger partial charge in [0, 0.05) is 25.7 Å². The Labute approximate surface area is 87.6 Å². The van der Waals surface area contributed by atoms with Gasteiger partial charge in [-0.1, -0.05) is 0 Å². The monoisotopic (exact) mass is 226 g/mol. The van der Waals surface area contributed by atoms with Crippen LogP contribution < -0.4 is 5.32 Å². The van der Waals surface area contributed by atoms with Crippen LogP contribution in [0.5, 0.6) is 0 Å². The first-order valence-electron chi connectivity index (χ1n) is 5.14. The van der Waals surface area contributed by atoms with Gasteiger partial charge >= 0.3 is 6.36 Å². The average Bonchev–Trinajstić information content (AvgIpc) is 2.30. The van der Waals surface area contributed by atoms with Gasteiger partial charge in [0.05, 0.1) is 6.61 Å². The lowest BCUT2D eigenvalue weighted by Crippen LogP contribution is -2.37. The van der Waals surface area contributed by atoms with Crippen LogP contribution in [0, 0.1) is 0 Å². The van der Waals surface area contributed by atoms with Crippen molar-refractivity contribution in [3.05, 3.63) is 0 Å². The minimum Gasteiger partial charge on any atom is -0.315 e. The molecular weight excluding hydrogens is 209 g/mol. The molecule has 0 aromatic rings. The number of nitrogens with one attached hydrogen (secondary N) is 1. The fourth-order valence-electron chi connectivity index (χ4n) is 1.67. The largest absolute Gasteiger partial charge is 0.522 e. The molecule has 0 amide bonds. The smallest absolute Gasteiger partial charge is 0.315 e. The van der Waals surface area contributed by atoms with Crippen molar-refractivity contribution in [1.29, 1.82) is 0 Å². The first kappa shape index (κ1) is 12.7. The maximum Gasteiger partial charge on any atom is 0.522 e. The van der Waals surface area contributed by atoms with E-state index in [-0.39, 0.29) is 6.61 Å². The number of ether oxygens (including phenoxy) is 1. The molecular formula is C9H17F3N2O. The van der Waals surface area contributed by atoms with Gasteiger partial charge in [0.2, 0.25) is 0 Å². The first-order chi connectivity index (χ1) is 6.99. The lowest BCUT2D eigenvalue weighted by atomic mass is 10.2. The van der Waals surface area contributed by atoms with Gasteiger partial charge in [-0.3, -0.25) is 9.64 Å². The summed E-state index contributed by atoms with van der Waals surface area (Å²) in [5, 5.41) is 3.21. The Balaban J connectivity index is 2.23. The van der Waals surface area contributed by atoms with E-state index in [4.69, 9.17) is 0 Å². The van der Waals surface area contributed by atoms with E-state index in [2.05, 4.69) is 10.1 Å². The minimum absolute atomic E-state index is 0.284. The number of hydrogen-bond donors (Lipinski definition) is 1. The normalized spacial score (nSPS) is 25.2. The van der Waals surface area contributed by atoms with Gasteiger partial charge in [0.1, 0.15) is 0 Å². The van der Waals surface area contributed by atoms with E-state index in [1.54, 1.807) is 0 Å². The van der Waals surface area contributed by atoms with Crippen molar-refractivity contribution in [3.63, 3.8) is 0 Å². The van der Waals surface area contributed by atoms with Gasteiger partial charge in [0.25, 0.3) is 0 Å². The molecule has 3 nitrogen and oxygen atoms in total. The van der Waals surface area contributed by atoms with Crippen molar-refractivity contribution in [1.82, 2.24) is 10.2 Å². The predicted molar refractivity (Wildman–Crippen MR) is 50.5 cm³/mol. The number of nitrogens with zero attached hydrogens (tertiary/aromatic N) is 1. The van der Waals surface area contributed by atoms with Crippen LogP contribution in [-0.4, -0.2) is 50.1 Å². The van der Waals surface area contributed by atoms with Gasteiger partial charge in [-0.25, -0.2) is 0 Å². The summed E-state index contributed by atoms with van der Waals surface area (Å²) < 4.78 is 39.0. The Hall–Kier alpha value is -0.330. The van der Waals surface area contributed by atoms with Crippen LogP contribution in [0.25, 0.3) is 0 Å². The summed E-state index contributed by atoms with van der Waals surface area (Å²) in [6, 6.07) is 0.317. The molecule has 0 aliphatic carbocycles. The predicted octanol–water partition coefficient (Wildman–Crippen LogP) is 1.21. The van der Waals surface area contributed by atoms with Crippen molar-refractivity contribution >= 4 is 0 Å². The highest BCUT2D eigenvalue weighted by atomic mass is 19.4. The molecule has 1 rings (SSSR count). The Kier molecular flexibility index (Phi) is 4.82. The summed E-state index contributed by atoms with van der Waals surface area (Å²) >= 11 is 0. The molecule has 6 heteroatoms. The van der Waals surface area contributed by atoms with E-state index in [0.717, 1.165) is 26.1 Å². The van der Waals surface area contributed by atoms with Gasteiger partial charge in [-0.2, -0.15) is 0 Å². The molecule has 0 spiro atoms. The molecule has 0 radical (unpaired) electrons. The third-order valence-corrected chi connectivity index (χ3v) is 2.58. The molecule has 1 N–H and O–H groups in total. The maximum absolute atomic E-state index is 11.7. The second-order valence-corrected chi connectivity index (χ2v) is 3.72. The first-order valence-corrected chi connectivity index (χ1v) is 5.14. The molecule has 1 aliphatic heterocycles. The van der Waals surface area contributed by atoms with E-state index in [1.807, 2.05) is 11.8 Å². The Morgan fingerprint density at radius 2 is 2.13 bits per heavy atom. The van der Waals surface area contributed by atoms with E-state index in [1.165, 1.54) is 0 Å². The van der Waals surface area contributed by atoms with Crippen LogP contribution in [0.2, 0.25) is 0 Å². The molecule has 1 heterocycles. The lowest BCUT2D eigenvalue weighted by Gasteiger charge is -2.26. The van der Waals surface area contributed by atoms with Crippen molar-refractivity contribution in [2.24, 2.45) is 0 Å². The van der Waals surface area contributed by atoms with E-state index >= 15 is 0 Å². The Morgan fingerprint density at radius 3 is 2.80 bits per heavy atom. The number of alkyl halides is 3. The molecule has 0 saturated carbocycles. The number of halogens is 3. The zero-order valence-corrected chi connectivity index (χ0v) is 8.81. The van der Waals surface area contributed by atoms with Gasteiger partial charge in [-0.15, -0.1) is 13.2 Å². The van der Waals surface area contributed by atoms with Crippen LogP contribution in [0.1, 0.15) is 13.3 Å². The van der Waals surface area contributed by atoms with Crippen molar-refractivity contribution < 1.29 is 17.9 Å². The van der Waals surface area contributed by atoms with Gasteiger partial charge in [-0.05, 0) is 19.9 Å². The standard InChI is InChI=1S/C9H17F3N2O/c1-8-2-3-13-4-5-14(8)6-7-15-9(10,11)12/h8,13H,2-7H2,1H3. The second-order valence-electron chi connectivity index (χ2n) is 3.72. The number of rotatable bonds is 3. The van der Waals surface area contributed by atoms with Crippen LogP contribution >= 0.6 is 0 Å². The third kappa shape index (κ3) is 5.34. The summed E-state index contributed by atoms with van der Waals surface area (Å²) in [5.41, 5.74) is 0. The van der Waals surface area contributed by atoms with Crippen LogP contribution in [0.3, 0.4) is 0 Å². The lowest BCUT2D eigenvalue weighted by molar-refractivity contribution is -0.325. The average molecular weight is 226 g/mol. The summed E-state index contributed by atoms with van der Waals surface area (Å²) in [7, 11) is 0. The number of hydrogen-bond acceptors (Lipinski definition) is 3. The van der Waals surface area contributed by atoms with Gasteiger partial charge < -0.3 is 5.32 Å². The highest BCUT2D eigenvalue weighted by Gasteiger charge is 2.29. The summed E-state index contributed by atoms with van der Waals surface area (Å²) in [5.74, 6) is 0. The van der Waals surface area contributed by atoms with E-state index in [9.17, 15) is 13.2 Å². The van der Waals surface area contributed by atoms with E-state index < -0.39 is 6.36 Å². The van der Waals surface area contributed by atoms with Crippen molar-refractivity contribution in [2.75, 3.05) is 32.8 Å². The molecule has 1 unspecified atom stereocenters. The molecule has 0 aromatic carbocycles. The molecule has 1 saturated heterocycles. The topological polar surface area (TPSA) is 24.5 Å². The molecule has 0 aromatic heterocycles. The van der Waals surface area contributed by atoms with Crippen molar-refractivity contribution in [3.8, 4) is 0 Å². The highest BCUT2D eigenvalue weighted by Crippen LogP contribution is 2.16. The maximum atomic E-state index is 11.7.